The zero-order valence-corrected chi connectivity index (χ0v) is 18.2. The zero-order valence-electron chi connectivity index (χ0n) is 17.5. The van der Waals surface area contributed by atoms with E-state index in [1.165, 1.54) is 6.20 Å². The maximum atomic E-state index is 13.0. The Morgan fingerprint density at radius 1 is 1.30 bits per heavy atom. The van der Waals surface area contributed by atoms with Gasteiger partial charge in [-0.25, -0.2) is 18.7 Å². The first-order valence-electron chi connectivity index (χ1n) is 10.2. The molecule has 1 saturated carbocycles. The lowest BCUT2D eigenvalue weighted by Gasteiger charge is -2.43. The fourth-order valence-electron chi connectivity index (χ4n) is 4.03. The minimum atomic E-state index is -2.68. The highest BCUT2D eigenvalue weighted by molar-refractivity contribution is 6.39. The lowest BCUT2D eigenvalue weighted by molar-refractivity contribution is -0.135. The third kappa shape index (κ3) is 4.62. The molecule has 0 bridgehead atoms. The second-order valence-electron chi connectivity index (χ2n) is 8.09. The van der Waals surface area contributed by atoms with Gasteiger partial charge < -0.3 is 15.0 Å². The first-order chi connectivity index (χ1) is 15.6. The number of hydrogen-bond donors (Lipinski definition) is 1. The smallest absolute Gasteiger partial charge is 0.255 e. The maximum Gasteiger partial charge on any atom is 0.255 e. The van der Waals surface area contributed by atoms with E-state index in [-0.39, 0.29) is 42.5 Å². The van der Waals surface area contributed by atoms with E-state index in [9.17, 15) is 14.0 Å². The van der Waals surface area contributed by atoms with E-state index < -0.39 is 17.4 Å². The average Bonchev–Trinajstić information content (AvgIpc) is 2.76. The minimum absolute atomic E-state index is 0.0305. The van der Waals surface area contributed by atoms with Crippen molar-refractivity contribution in [1.29, 1.82) is 10.5 Å². The molecule has 0 amide bonds. The standard InChI is InChI=1S/C21H17B2ClF2N6O/c22-21(23,12-1-2-17(30-10-12)33-13-7-20(25,26)8-13)32-6-3-14-16(11-32)15(9-28)18(24)31-19(14)29-5-4-27/h1-2,10,13H,3,5-8,11H2,(H,29,31). The van der Waals surface area contributed by atoms with Crippen LogP contribution in [0.4, 0.5) is 14.6 Å². The minimum Gasteiger partial charge on any atom is -0.474 e. The molecule has 0 spiro atoms. The summed E-state index contributed by atoms with van der Waals surface area (Å²) in [4.78, 5) is 10.2. The van der Waals surface area contributed by atoms with Gasteiger partial charge in [0.05, 0.1) is 27.3 Å². The Kier molecular flexibility index (Phi) is 6.22. The fourth-order valence-corrected chi connectivity index (χ4v) is 4.27. The molecule has 0 unspecified atom stereocenters. The Balaban J connectivity index is 1.54. The van der Waals surface area contributed by atoms with E-state index in [0.29, 0.717) is 29.9 Å². The summed E-state index contributed by atoms with van der Waals surface area (Å²) in [6.07, 6.45) is 0.703. The molecular formula is C21H17B2ClF2N6O. The van der Waals surface area contributed by atoms with E-state index in [1.54, 1.807) is 17.0 Å². The van der Waals surface area contributed by atoms with Crippen LogP contribution in [0.2, 0.25) is 5.15 Å². The van der Waals surface area contributed by atoms with Gasteiger partial charge in [-0.15, -0.1) is 0 Å². The SMILES string of the molecule is [B]C([B])(c1ccc(OC2CC(F)(F)C2)nc1)N1CCc2c(NCC#N)nc(Cl)c(C#N)c2C1. The van der Waals surface area contributed by atoms with Crippen molar-refractivity contribution in [2.24, 2.45) is 0 Å². The van der Waals surface area contributed by atoms with Crippen molar-refractivity contribution in [3.05, 3.63) is 45.7 Å². The van der Waals surface area contributed by atoms with Gasteiger partial charge in [0.2, 0.25) is 5.88 Å². The van der Waals surface area contributed by atoms with Crippen LogP contribution in [0, 0.1) is 22.7 Å². The molecule has 0 aromatic carbocycles. The molecule has 164 valence electrons. The van der Waals surface area contributed by atoms with Crippen molar-refractivity contribution in [3.63, 3.8) is 0 Å². The van der Waals surface area contributed by atoms with Crippen molar-refractivity contribution in [1.82, 2.24) is 14.9 Å². The van der Waals surface area contributed by atoms with E-state index in [1.807, 2.05) is 6.07 Å². The van der Waals surface area contributed by atoms with Crippen molar-refractivity contribution < 1.29 is 13.5 Å². The molecule has 2 aliphatic rings. The number of hydrogen-bond acceptors (Lipinski definition) is 7. The third-order valence-corrected chi connectivity index (χ3v) is 6.13. The quantitative estimate of drug-likeness (QED) is 0.399. The van der Waals surface area contributed by atoms with Crippen LogP contribution in [0.25, 0.3) is 0 Å². The van der Waals surface area contributed by atoms with Gasteiger partial charge in [-0.2, -0.15) is 10.5 Å². The zero-order chi connectivity index (χ0) is 23.8. The van der Waals surface area contributed by atoms with E-state index in [2.05, 4.69) is 21.4 Å². The number of alkyl halides is 2. The van der Waals surface area contributed by atoms with Crippen LogP contribution in [0.1, 0.15) is 35.1 Å². The number of ether oxygens (including phenoxy) is 1. The molecule has 2 aromatic rings. The number of pyridine rings is 2. The average molecular weight is 464 g/mol. The first kappa shape index (κ1) is 23.3. The number of aromatic nitrogens is 2. The molecule has 1 aliphatic heterocycles. The Hall–Kier alpha value is -2.88. The molecule has 12 heteroatoms. The largest absolute Gasteiger partial charge is 0.474 e. The molecule has 2 aromatic heterocycles. The van der Waals surface area contributed by atoms with Crippen molar-refractivity contribution in [2.75, 3.05) is 18.4 Å². The second kappa shape index (κ2) is 8.81. The molecule has 7 nitrogen and oxygen atoms in total. The van der Waals surface area contributed by atoms with Gasteiger partial charge in [0.25, 0.3) is 5.92 Å². The summed E-state index contributed by atoms with van der Waals surface area (Å²) < 4.78 is 31.5. The summed E-state index contributed by atoms with van der Waals surface area (Å²) in [5, 5.41) is 20.0. The third-order valence-electron chi connectivity index (χ3n) is 5.86. The van der Waals surface area contributed by atoms with Gasteiger partial charge in [-0.1, -0.05) is 17.7 Å². The summed E-state index contributed by atoms with van der Waals surface area (Å²) in [5.74, 6) is -2.00. The second-order valence-corrected chi connectivity index (χ2v) is 8.45. The number of nitrogens with zero attached hydrogens (tertiary/aromatic N) is 5. The van der Waals surface area contributed by atoms with E-state index >= 15 is 0 Å². The van der Waals surface area contributed by atoms with Gasteiger partial charge in [-0.3, -0.25) is 0 Å². The van der Waals surface area contributed by atoms with Gasteiger partial charge in [-0.05, 0) is 22.9 Å². The first-order valence-corrected chi connectivity index (χ1v) is 10.6. The normalized spacial score (nSPS) is 17.8. The summed E-state index contributed by atoms with van der Waals surface area (Å²) >= 11 is 6.21. The van der Waals surface area contributed by atoms with Gasteiger partial charge >= 0.3 is 0 Å². The predicted molar refractivity (Wildman–Crippen MR) is 118 cm³/mol. The molecule has 0 saturated heterocycles. The van der Waals surface area contributed by atoms with Crippen LogP contribution in [0.5, 0.6) is 5.88 Å². The van der Waals surface area contributed by atoms with Gasteiger partial charge in [0.15, 0.2) is 0 Å². The number of rotatable bonds is 6. The van der Waals surface area contributed by atoms with Crippen LogP contribution >= 0.6 is 11.6 Å². The lowest BCUT2D eigenvalue weighted by Crippen LogP contribution is -2.50. The molecule has 4 radical (unpaired) electrons. The molecular weight excluding hydrogens is 447 g/mol. The highest BCUT2D eigenvalue weighted by atomic mass is 35.5. The maximum absolute atomic E-state index is 13.0. The van der Waals surface area contributed by atoms with Gasteiger partial charge in [0.1, 0.15) is 29.7 Å². The predicted octanol–water partition coefficient (Wildman–Crippen LogP) is 2.62. The van der Waals surface area contributed by atoms with Crippen LogP contribution in [0.15, 0.2) is 18.3 Å². The summed E-state index contributed by atoms with van der Waals surface area (Å²) in [6.45, 7) is 0.719. The fraction of sp³-hybridized carbons (Fsp3) is 0.429. The van der Waals surface area contributed by atoms with E-state index in [4.69, 9.17) is 37.3 Å². The Bertz CT molecular complexity index is 1140. The van der Waals surface area contributed by atoms with E-state index in [0.717, 1.165) is 5.56 Å². The van der Waals surface area contributed by atoms with Crippen LogP contribution in [-0.2, 0) is 18.3 Å². The number of halogens is 3. The summed E-state index contributed by atoms with van der Waals surface area (Å²) in [7, 11) is 13.0. The molecule has 1 aliphatic carbocycles. The Morgan fingerprint density at radius 2 is 2.06 bits per heavy atom. The van der Waals surface area contributed by atoms with Gasteiger partial charge in [0, 0.05) is 43.8 Å². The molecule has 1 fully saturated rings. The van der Waals surface area contributed by atoms with Crippen LogP contribution in [-0.4, -0.2) is 55.7 Å². The van der Waals surface area contributed by atoms with Crippen LogP contribution in [0.3, 0.4) is 0 Å². The van der Waals surface area contributed by atoms with Crippen molar-refractivity contribution in [3.8, 4) is 18.0 Å². The van der Waals surface area contributed by atoms with Crippen LogP contribution < -0.4 is 10.1 Å². The Morgan fingerprint density at radius 3 is 2.67 bits per heavy atom. The topological polar surface area (TPSA) is 97.9 Å². The Labute approximate surface area is 197 Å². The molecule has 1 N–H and O–H groups in total. The van der Waals surface area contributed by atoms with Crippen molar-refractivity contribution >= 4 is 33.1 Å². The summed E-state index contributed by atoms with van der Waals surface area (Å²) in [6, 6.07) is 7.26. The highest BCUT2D eigenvalue weighted by Crippen LogP contribution is 2.40. The molecule has 3 heterocycles. The molecule has 33 heavy (non-hydrogen) atoms. The number of anilines is 1. The monoisotopic (exact) mass is 464 g/mol. The molecule has 4 rings (SSSR count). The highest BCUT2D eigenvalue weighted by Gasteiger charge is 2.47. The summed E-state index contributed by atoms with van der Waals surface area (Å²) in [5.41, 5.74) is 2.15. The lowest BCUT2D eigenvalue weighted by atomic mass is 9.56. The number of fused-ring (bicyclic) bond motifs is 1. The molecule has 0 atom stereocenters. The number of nitrogens with one attached hydrogen (secondary N) is 1. The van der Waals surface area contributed by atoms with Crippen molar-refractivity contribution in [2.45, 2.75) is 43.2 Å². The number of nitriles is 2.